The maximum Gasteiger partial charge on any atom is 0.239 e. The highest BCUT2D eigenvalue weighted by molar-refractivity contribution is 8.13. The molecule has 2 rings (SSSR count). The summed E-state index contributed by atoms with van der Waals surface area (Å²) in [4.78, 5) is 16.3. The zero-order valence-corrected chi connectivity index (χ0v) is 13.5. The Kier molecular flexibility index (Phi) is 5.75. The third-order valence-electron chi connectivity index (χ3n) is 4.10. The van der Waals surface area contributed by atoms with Gasteiger partial charge in [0.05, 0.1) is 6.54 Å². The van der Waals surface area contributed by atoms with E-state index in [1.807, 2.05) is 0 Å². The van der Waals surface area contributed by atoms with Crippen molar-refractivity contribution in [2.45, 2.75) is 46.0 Å². The molecule has 2 aliphatic rings. The second-order valence-electron chi connectivity index (χ2n) is 6.52. The minimum atomic E-state index is 0.0555. The van der Waals surface area contributed by atoms with E-state index in [0.717, 1.165) is 24.0 Å². The first-order chi connectivity index (χ1) is 9.60. The van der Waals surface area contributed by atoms with Gasteiger partial charge >= 0.3 is 0 Å². The summed E-state index contributed by atoms with van der Waals surface area (Å²) >= 11 is 1.79. The van der Waals surface area contributed by atoms with Crippen molar-refractivity contribution in [1.29, 1.82) is 0 Å². The van der Waals surface area contributed by atoms with Crippen molar-refractivity contribution in [3.05, 3.63) is 0 Å². The average molecular weight is 297 g/mol. The molecule has 0 radical (unpaired) electrons. The summed E-state index contributed by atoms with van der Waals surface area (Å²) in [7, 11) is 0. The number of hydrogen-bond acceptors (Lipinski definition) is 4. The molecular weight excluding hydrogens is 270 g/mol. The molecule has 0 bridgehead atoms. The fraction of sp³-hybridized carbons (Fsp3) is 0.867. The van der Waals surface area contributed by atoms with Crippen molar-refractivity contribution < 1.29 is 4.79 Å². The van der Waals surface area contributed by atoms with E-state index in [4.69, 9.17) is 0 Å². The third-order valence-corrected chi connectivity index (χ3v) is 5.40. The summed E-state index contributed by atoms with van der Waals surface area (Å²) in [5.41, 5.74) is 0.452. The normalized spacial score (nSPS) is 21.6. The van der Waals surface area contributed by atoms with Crippen molar-refractivity contribution >= 4 is 22.8 Å². The van der Waals surface area contributed by atoms with E-state index in [0.29, 0.717) is 17.9 Å². The molecule has 0 saturated heterocycles. The molecule has 0 atom stereocenters. The van der Waals surface area contributed by atoms with Crippen molar-refractivity contribution in [1.82, 2.24) is 10.6 Å². The molecule has 1 aliphatic carbocycles. The monoisotopic (exact) mass is 297 g/mol. The van der Waals surface area contributed by atoms with Crippen molar-refractivity contribution in [2.24, 2.45) is 16.3 Å². The zero-order chi connectivity index (χ0) is 14.4. The average Bonchev–Trinajstić information content (AvgIpc) is 2.45. The van der Waals surface area contributed by atoms with Gasteiger partial charge < -0.3 is 10.6 Å². The fourth-order valence-corrected chi connectivity index (χ4v) is 3.95. The quantitative estimate of drug-likeness (QED) is 0.838. The van der Waals surface area contributed by atoms with Gasteiger partial charge in [-0.1, -0.05) is 44.9 Å². The SMILES string of the molecule is CC(C)CNC(=O)CNC1=NCC2(CCCCC2)CS1. The summed E-state index contributed by atoms with van der Waals surface area (Å²) in [6.45, 7) is 6.21. The highest BCUT2D eigenvalue weighted by atomic mass is 32.2. The predicted octanol–water partition coefficient (Wildman–Crippen LogP) is 2.40. The number of thioether (sulfide) groups is 1. The van der Waals surface area contributed by atoms with Gasteiger partial charge in [0.25, 0.3) is 0 Å². The lowest BCUT2D eigenvalue weighted by molar-refractivity contribution is -0.120. The Morgan fingerprint density at radius 2 is 2.10 bits per heavy atom. The Bertz CT molecular complexity index is 362. The first-order valence-electron chi connectivity index (χ1n) is 7.77. The number of hydrogen-bond donors (Lipinski definition) is 2. The first-order valence-corrected chi connectivity index (χ1v) is 8.76. The van der Waals surface area contributed by atoms with Gasteiger partial charge in [0.1, 0.15) is 0 Å². The van der Waals surface area contributed by atoms with E-state index >= 15 is 0 Å². The fourth-order valence-electron chi connectivity index (χ4n) is 2.80. The predicted molar refractivity (Wildman–Crippen MR) is 86.1 cm³/mol. The molecule has 4 nitrogen and oxygen atoms in total. The van der Waals surface area contributed by atoms with Crippen molar-refractivity contribution in [3.63, 3.8) is 0 Å². The molecule has 20 heavy (non-hydrogen) atoms. The molecule has 1 amide bonds. The molecule has 2 N–H and O–H groups in total. The molecule has 1 saturated carbocycles. The van der Waals surface area contributed by atoms with Crippen LogP contribution in [0.15, 0.2) is 4.99 Å². The summed E-state index contributed by atoms with van der Waals surface area (Å²) in [6, 6.07) is 0. The van der Waals surface area contributed by atoms with Crippen LogP contribution in [-0.2, 0) is 4.79 Å². The third kappa shape index (κ3) is 4.69. The van der Waals surface area contributed by atoms with Gasteiger partial charge in [-0.05, 0) is 24.2 Å². The lowest BCUT2D eigenvalue weighted by Gasteiger charge is -2.38. The Morgan fingerprint density at radius 1 is 1.35 bits per heavy atom. The van der Waals surface area contributed by atoms with E-state index in [-0.39, 0.29) is 5.91 Å². The molecule has 1 spiro atoms. The Balaban J connectivity index is 1.71. The summed E-state index contributed by atoms with van der Waals surface area (Å²) in [5.74, 6) is 1.71. The molecule has 0 aromatic heterocycles. The number of nitrogens with zero attached hydrogens (tertiary/aromatic N) is 1. The van der Waals surface area contributed by atoms with Gasteiger partial charge in [-0.15, -0.1) is 0 Å². The van der Waals surface area contributed by atoms with Crippen molar-refractivity contribution in [3.8, 4) is 0 Å². The van der Waals surface area contributed by atoms with Crippen LogP contribution in [-0.4, -0.2) is 36.5 Å². The van der Waals surface area contributed by atoms with Crippen LogP contribution in [0.1, 0.15) is 46.0 Å². The largest absolute Gasteiger partial charge is 0.356 e. The van der Waals surface area contributed by atoms with Crippen LogP contribution in [0.2, 0.25) is 0 Å². The molecule has 0 aromatic carbocycles. The summed E-state index contributed by atoms with van der Waals surface area (Å²) in [6.07, 6.45) is 6.75. The van der Waals surface area contributed by atoms with Crippen molar-refractivity contribution in [2.75, 3.05) is 25.4 Å². The summed E-state index contributed by atoms with van der Waals surface area (Å²) < 4.78 is 0. The van der Waals surface area contributed by atoms with Gasteiger partial charge in [-0.3, -0.25) is 9.79 Å². The number of carbonyl (C=O) groups excluding carboxylic acids is 1. The van der Waals surface area contributed by atoms with Crippen LogP contribution in [0.25, 0.3) is 0 Å². The van der Waals surface area contributed by atoms with Gasteiger partial charge in [0, 0.05) is 18.8 Å². The number of aliphatic imine (C=N–C) groups is 1. The Labute approximate surface area is 126 Å². The van der Waals surface area contributed by atoms with Crippen LogP contribution in [0.5, 0.6) is 0 Å². The molecule has 1 fully saturated rings. The minimum absolute atomic E-state index is 0.0555. The molecule has 0 aromatic rings. The lowest BCUT2D eigenvalue weighted by atomic mass is 9.75. The number of rotatable bonds is 4. The Hall–Kier alpha value is -0.710. The molecule has 114 valence electrons. The maximum atomic E-state index is 11.6. The zero-order valence-electron chi connectivity index (χ0n) is 12.7. The Morgan fingerprint density at radius 3 is 2.70 bits per heavy atom. The number of nitrogens with one attached hydrogen (secondary N) is 2. The van der Waals surface area contributed by atoms with E-state index in [1.165, 1.54) is 32.1 Å². The van der Waals surface area contributed by atoms with E-state index < -0.39 is 0 Å². The van der Waals surface area contributed by atoms with Crippen LogP contribution in [0, 0.1) is 11.3 Å². The van der Waals surface area contributed by atoms with Gasteiger partial charge in [0.15, 0.2) is 5.17 Å². The van der Waals surface area contributed by atoms with Gasteiger partial charge in [-0.25, -0.2) is 0 Å². The number of amidine groups is 1. The van der Waals surface area contributed by atoms with Crippen LogP contribution in [0.3, 0.4) is 0 Å². The molecule has 5 heteroatoms. The minimum Gasteiger partial charge on any atom is -0.356 e. The maximum absolute atomic E-state index is 11.6. The topological polar surface area (TPSA) is 53.5 Å². The molecular formula is C15H27N3OS. The van der Waals surface area contributed by atoms with E-state index in [1.54, 1.807) is 11.8 Å². The lowest BCUT2D eigenvalue weighted by Crippen LogP contribution is -2.41. The molecule has 1 heterocycles. The van der Waals surface area contributed by atoms with Crippen LogP contribution in [0.4, 0.5) is 0 Å². The highest BCUT2D eigenvalue weighted by Crippen LogP contribution is 2.41. The number of carbonyl (C=O) groups is 1. The smallest absolute Gasteiger partial charge is 0.239 e. The number of amides is 1. The summed E-state index contributed by atoms with van der Waals surface area (Å²) in [5, 5.41) is 7.03. The second-order valence-corrected chi connectivity index (χ2v) is 7.49. The van der Waals surface area contributed by atoms with Crippen LogP contribution < -0.4 is 10.6 Å². The van der Waals surface area contributed by atoms with Crippen LogP contribution >= 0.6 is 11.8 Å². The van der Waals surface area contributed by atoms with Gasteiger partial charge in [-0.2, -0.15) is 0 Å². The first kappa shape index (κ1) is 15.7. The standard InChI is InChI=1S/C15H27N3OS/c1-12(2)8-16-13(19)9-17-14-18-10-15(11-20-14)6-4-3-5-7-15/h12H,3-11H2,1-2H3,(H,16,19)(H,17,18). The molecule has 0 unspecified atom stereocenters. The molecule has 1 aliphatic heterocycles. The van der Waals surface area contributed by atoms with E-state index in [9.17, 15) is 4.79 Å². The second kappa shape index (κ2) is 7.34. The van der Waals surface area contributed by atoms with Gasteiger partial charge in [0.2, 0.25) is 5.91 Å². The highest BCUT2D eigenvalue weighted by Gasteiger charge is 2.34. The van der Waals surface area contributed by atoms with E-state index in [2.05, 4.69) is 29.5 Å².